The zero-order valence-corrected chi connectivity index (χ0v) is 8.80. The number of carboxylic acid groups (broad SMARTS) is 1. The first-order valence-corrected chi connectivity index (χ1v) is 4.78. The molecule has 0 aromatic heterocycles. The number of hydrogen-bond donors (Lipinski definition) is 1. The van der Waals surface area contributed by atoms with Crippen molar-refractivity contribution >= 4 is 23.3 Å². The fraction of sp³-hybridized carbons (Fsp3) is 0.778. The Hall–Kier alpha value is -0.730. The molecule has 0 heterocycles. The lowest BCUT2D eigenvalue weighted by molar-refractivity contribution is -0.138. The Morgan fingerprint density at radius 3 is 2.54 bits per heavy atom. The summed E-state index contributed by atoms with van der Waals surface area (Å²) in [5.74, 6) is -0.313. The van der Waals surface area contributed by atoms with Crippen molar-refractivity contribution in [3.8, 4) is 0 Å². The van der Waals surface area contributed by atoms with Crippen molar-refractivity contribution in [1.29, 1.82) is 0 Å². The molecule has 0 saturated carbocycles. The number of carboxylic acids is 1. The van der Waals surface area contributed by atoms with Gasteiger partial charge in [0.15, 0.2) is 6.04 Å². The predicted molar refractivity (Wildman–Crippen MR) is 55.1 cm³/mol. The van der Waals surface area contributed by atoms with Gasteiger partial charge in [-0.3, -0.25) is 0 Å². The molecule has 0 spiro atoms. The number of aliphatic carboxylic acids is 1. The van der Waals surface area contributed by atoms with Gasteiger partial charge in [-0.25, -0.2) is 9.79 Å². The summed E-state index contributed by atoms with van der Waals surface area (Å²) < 4.78 is 0. The normalized spacial score (nSPS) is 12.2. The minimum atomic E-state index is -0.916. The molecule has 1 atom stereocenters. The second-order valence-electron chi connectivity index (χ2n) is 3.40. The minimum absolute atomic E-state index is 0.553. The Bertz CT molecular complexity index is 208. The minimum Gasteiger partial charge on any atom is -0.480 e. The molecule has 0 aromatic rings. The van der Waals surface area contributed by atoms with Crippen LogP contribution in [-0.2, 0) is 4.79 Å². The van der Waals surface area contributed by atoms with Crippen LogP contribution in [0.1, 0.15) is 33.1 Å². The van der Waals surface area contributed by atoms with Crippen molar-refractivity contribution in [1.82, 2.24) is 0 Å². The molecule has 0 rings (SSSR count). The van der Waals surface area contributed by atoms with E-state index in [9.17, 15) is 4.79 Å². The fourth-order valence-electron chi connectivity index (χ4n) is 1.03. The standard InChI is InChI=1S/C9H15NO2S/c1-7(2)4-3-5-8(9(11)12)10-6-13/h7-8H,3-5H2,1-2H3,(H,11,12). The molecule has 0 amide bonds. The second kappa shape index (κ2) is 6.75. The zero-order valence-electron chi connectivity index (χ0n) is 7.99. The van der Waals surface area contributed by atoms with E-state index >= 15 is 0 Å². The first-order valence-electron chi connectivity index (χ1n) is 4.37. The maximum atomic E-state index is 10.6. The Balaban J connectivity index is 3.83. The highest BCUT2D eigenvalue weighted by molar-refractivity contribution is 7.78. The van der Waals surface area contributed by atoms with Crippen molar-refractivity contribution in [2.24, 2.45) is 10.9 Å². The molecular weight excluding hydrogens is 186 g/mol. The third kappa shape index (κ3) is 6.43. The molecule has 0 fully saturated rings. The largest absolute Gasteiger partial charge is 0.480 e. The fourth-order valence-corrected chi connectivity index (χ4v) is 1.15. The van der Waals surface area contributed by atoms with Gasteiger partial charge in [-0.05, 0) is 24.6 Å². The lowest BCUT2D eigenvalue weighted by Crippen LogP contribution is -2.17. The van der Waals surface area contributed by atoms with Gasteiger partial charge in [0.1, 0.15) is 0 Å². The average Bonchev–Trinajstić information content (AvgIpc) is 2.02. The van der Waals surface area contributed by atoms with Crippen molar-refractivity contribution in [3.05, 3.63) is 0 Å². The monoisotopic (exact) mass is 201 g/mol. The van der Waals surface area contributed by atoms with E-state index < -0.39 is 12.0 Å². The van der Waals surface area contributed by atoms with Crippen LogP contribution in [0, 0.1) is 5.92 Å². The van der Waals surface area contributed by atoms with Gasteiger partial charge >= 0.3 is 5.97 Å². The molecule has 13 heavy (non-hydrogen) atoms. The maximum Gasteiger partial charge on any atom is 0.329 e. The van der Waals surface area contributed by atoms with Crippen LogP contribution < -0.4 is 0 Å². The molecular formula is C9H15NO2S. The molecule has 0 aromatic carbocycles. The van der Waals surface area contributed by atoms with Crippen molar-refractivity contribution < 1.29 is 9.90 Å². The highest BCUT2D eigenvalue weighted by Gasteiger charge is 2.14. The van der Waals surface area contributed by atoms with E-state index in [0.29, 0.717) is 12.3 Å². The smallest absolute Gasteiger partial charge is 0.329 e. The molecule has 3 nitrogen and oxygen atoms in total. The summed E-state index contributed by atoms with van der Waals surface area (Å²) in [5, 5.41) is 10.8. The second-order valence-corrected chi connectivity index (χ2v) is 3.58. The van der Waals surface area contributed by atoms with Crippen LogP contribution >= 0.6 is 12.2 Å². The number of aliphatic imine (C=N–C) groups is 1. The van der Waals surface area contributed by atoms with Gasteiger partial charge in [0, 0.05) is 0 Å². The van der Waals surface area contributed by atoms with Gasteiger partial charge in [0.25, 0.3) is 0 Å². The molecule has 1 unspecified atom stereocenters. The van der Waals surface area contributed by atoms with Crippen LogP contribution in [0.5, 0.6) is 0 Å². The van der Waals surface area contributed by atoms with E-state index in [1.54, 1.807) is 0 Å². The van der Waals surface area contributed by atoms with E-state index in [2.05, 4.69) is 36.2 Å². The van der Waals surface area contributed by atoms with Gasteiger partial charge in [-0.1, -0.05) is 26.7 Å². The molecule has 0 saturated heterocycles. The lowest BCUT2D eigenvalue weighted by Gasteiger charge is -2.06. The molecule has 0 aliphatic carbocycles. The van der Waals surface area contributed by atoms with E-state index in [1.807, 2.05) is 0 Å². The van der Waals surface area contributed by atoms with E-state index in [1.165, 1.54) is 0 Å². The van der Waals surface area contributed by atoms with Crippen LogP contribution in [-0.4, -0.2) is 22.3 Å². The molecule has 74 valence electrons. The van der Waals surface area contributed by atoms with Crippen LogP contribution in [0.3, 0.4) is 0 Å². The van der Waals surface area contributed by atoms with Gasteiger partial charge < -0.3 is 5.11 Å². The summed E-state index contributed by atoms with van der Waals surface area (Å²) in [4.78, 5) is 14.2. The summed E-state index contributed by atoms with van der Waals surface area (Å²) in [7, 11) is 0. The molecule has 4 heteroatoms. The lowest BCUT2D eigenvalue weighted by atomic mass is 10.0. The first kappa shape index (κ1) is 12.3. The van der Waals surface area contributed by atoms with Crippen LogP contribution in [0.15, 0.2) is 4.99 Å². The Labute approximate surface area is 83.9 Å². The third-order valence-corrected chi connectivity index (χ3v) is 1.86. The predicted octanol–water partition coefficient (Wildman–Crippen LogP) is 2.37. The number of rotatable bonds is 6. The SMILES string of the molecule is CC(C)CCCC(N=C=S)C(=O)O. The van der Waals surface area contributed by atoms with E-state index in [4.69, 9.17) is 5.11 Å². The molecule has 0 aliphatic heterocycles. The number of thiocarbonyl (C=S) groups is 1. The first-order chi connectivity index (χ1) is 6.07. The van der Waals surface area contributed by atoms with Crippen molar-refractivity contribution in [3.63, 3.8) is 0 Å². The molecule has 1 N–H and O–H groups in total. The van der Waals surface area contributed by atoms with Crippen molar-refractivity contribution in [2.45, 2.75) is 39.2 Å². The van der Waals surface area contributed by atoms with E-state index in [0.717, 1.165) is 12.8 Å². The van der Waals surface area contributed by atoms with Crippen LogP contribution in [0.25, 0.3) is 0 Å². The molecule has 0 bridgehead atoms. The number of hydrogen-bond acceptors (Lipinski definition) is 3. The van der Waals surface area contributed by atoms with Gasteiger partial charge in [0.05, 0.1) is 5.16 Å². The summed E-state index contributed by atoms with van der Waals surface area (Å²) >= 11 is 4.37. The topological polar surface area (TPSA) is 49.7 Å². The third-order valence-electron chi connectivity index (χ3n) is 1.75. The molecule has 0 aliphatic rings. The molecule has 0 radical (unpaired) electrons. The Kier molecular flexibility index (Phi) is 6.37. The van der Waals surface area contributed by atoms with Crippen LogP contribution in [0.2, 0.25) is 0 Å². The summed E-state index contributed by atoms with van der Waals surface area (Å²) in [6.07, 6.45) is 2.45. The number of isothiocyanates is 1. The quantitative estimate of drug-likeness (QED) is 0.530. The van der Waals surface area contributed by atoms with Crippen LogP contribution in [0.4, 0.5) is 0 Å². The average molecular weight is 201 g/mol. The van der Waals surface area contributed by atoms with Crippen molar-refractivity contribution in [2.75, 3.05) is 0 Å². The Morgan fingerprint density at radius 1 is 1.54 bits per heavy atom. The highest BCUT2D eigenvalue weighted by atomic mass is 32.1. The summed E-state index contributed by atoms with van der Waals surface area (Å²) in [5.41, 5.74) is 0. The van der Waals surface area contributed by atoms with E-state index in [-0.39, 0.29) is 0 Å². The highest BCUT2D eigenvalue weighted by Crippen LogP contribution is 2.10. The maximum absolute atomic E-state index is 10.6. The Morgan fingerprint density at radius 2 is 2.15 bits per heavy atom. The van der Waals surface area contributed by atoms with Gasteiger partial charge in [-0.2, -0.15) is 0 Å². The number of carbonyl (C=O) groups is 1. The van der Waals surface area contributed by atoms with Gasteiger partial charge in [0.2, 0.25) is 0 Å². The number of nitrogens with zero attached hydrogens (tertiary/aromatic N) is 1. The summed E-state index contributed by atoms with van der Waals surface area (Å²) in [6.45, 7) is 4.22. The zero-order chi connectivity index (χ0) is 10.3. The summed E-state index contributed by atoms with van der Waals surface area (Å²) in [6, 6.07) is -0.698. The van der Waals surface area contributed by atoms with Gasteiger partial charge in [-0.15, -0.1) is 0 Å².